The third kappa shape index (κ3) is 5.17. The Bertz CT molecular complexity index is 1190. The molecule has 1 N–H and O–H groups in total. The molecule has 0 saturated heterocycles. The van der Waals surface area contributed by atoms with E-state index in [0.29, 0.717) is 12.1 Å². The molecule has 0 aliphatic carbocycles. The molecule has 0 bridgehead atoms. The molecule has 31 heavy (non-hydrogen) atoms. The third-order valence-corrected chi connectivity index (χ3v) is 5.78. The number of halogens is 1. The van der Waals surface area contributed by atoms with Gasteiger partial charge in [-0.1, -0.05) is 53.5 Å². The van der Waals surface area contributed by atoms with Gasteiger partial charge in [0.1, 0.15) is 0 Å². The van der Waals surface area contributed by atoms with Gasteiger partial charge in [-0.3, -0.25) is 9.78 Å². The van der Waals surface area contributed by atoms with Gasteiger partial charge >= 0.3 is 0 Å². The van der Waals surface area contributed by atoms with Gasteiger partial charge in [-0.05, 0) is 60.4 Å². The lowest BCUT2D eigenvalue weighted by atomic mass is 10.0. The quantitative estimate of drug-likeness (QED) is 0.341. The molecule has 2 aromatic carbocycles. The SMILES string of the molecule is CCCCc1ccc(-c2cc(C(=O)NCc3ccncc3)c3cc(Br)ccc3n2)cc1. The zero-order valence-electron chi connectivity index (χ0n) is 17.4. The Hall–Kier alpha value is -3.05. The Morgan fingerprint density at radius 3 is 2.48 bits per heavy atom. The molecule has 0 radical (unpaired) electrons. The fourth-order valence-corrected chi connectivity index (χ4v) is 3.90. The average molecular weight is 474 g/mol. The van der Waals surface area contributed by atoms with Crippen molar-refractivity contribution in [1.82, 2.24) is 15.3 Å². The maximum Gasteiger partial charge on any atom is 0.252 e. The zero-order chi connectivity index (χ0) is 21.6. The summed E-state index contributed by atoms with van der Waals surface area (Å²) in [5.74, 6) is -0.122. The molecule has 0 fully saturated rings. The second kappa shape index (κ2) is 9.84. The second-order valence-corrected chi connectivity index (χ2v) is 8.47. The van der Waals surface area contributed by atoms with Crippen LogP contribution in [-0.4, -0.2) is 15.9 Å². The molecule has 5 heteroatoms. The number of amides is 1. The maximum atomic E-state index is 13.1. The molecule has 0 spiro atoms. The summed E-state index contributed by atoms with van der Waals surface area (Å²) in [6, 6.07) is 20.0. The summed E-state index contributed by atoms with van der Waals surface area (Å²) in [4.78, 5) is 22.0. The number of fused-ring (bicyclic) bond motifs is 1. The molecule has 4 aromatic rings. The highest BCUT2D eigenvalue weighted by molar-refractivity contribution is 9.10. The standard InChI is InChI=1S/C26H24BrN3O/c1-2-3-4-18-5-7-20(8-6-18)25-16-23(22-15-21(27)9-10-24(22)30-25)26(31)29-17-19-11-13-28-14-12-19/h5-16H,2-4,17H2,1H3,(H,29,31). The number of aryl methyl sites for hydroxylation is 1. The van der Waals surface area contributed by atoms with E-state index in [1.54, 1.807) is 12.4 Å². The highest BCUT2D eigenvalue weighted by atomic mass is 79.9. The predicted molar refractivity (Wildman–Crippen MR) is 129 cm³/mol. The maximum absolute atomic E-state index is 13.1. The van der Waals surface area contributed by atoms with E-state index in [2.05, 4.69) is 57.4 Å². The van der Waals surface area contributed by atoms with Gasteiger partial charge in [0.15, 0.2) is 0 Å². The highest BCUT2D eigenvalue weighted by Gasteiger charge is 2.14. The van der Waals surface area contributed by atoms with Crippen LogP contribution in [0.3, 0.4) is 0 Å². The summed E-state index contributed by atoms with van der Waals surface area (Å²) in [5.41, 5.74) is 5.55. The van der Waals surface area contributed by atoms with Crippen LogP contribution >= 0.6 is 15.9 Å². The summed E-state index contributed by atoms with van der Waals surface area (Å²) < 4.78 is 0.915. The van der Waals surface area contributed by atoms with Crippen molar-refractivity contribution in [3.05, 3.63) is 94.2 Å². The number of carbonyl (C=O) groups is 1. The predicted octanol–water partition coefficient (Wildman–Crippen LogP) is 6.33. The van der Waals surface area contributed by atoms with E-state index >= 15 is 0 Å². The van der Waals surface area contributed by atoms with E-state index in [-0.39, 0.29) is 5.91 Å². The largest absolute Gasteiger partial charge is 0.348 e. The van der Waals surface area contributed by atoms with Crippen molar-refractivity contribution in [2.45, 2.75) is 32.7 Å². The van der Waals surface area contributed by atoms with E-state index < -0.39 is 0 Å². The molecular formula is C26H24BrN3O. The number of benzene rings is 2. The van der Waals surface area contributed by atoms with Gasteiger partial charge in [0.05, 0.1) is 16.8 Å². The van der Waals surface area contributed by atoms with Crippen molar-refractivity contribution in [2.75, 3.05) is 0 Å². The summed E-state index contributed by atoms with van der Waals surface area (Å²) >= 11 is 3.52. The van der Waals surface area contributed by atoms with Gasteiger partial charge in [0.2, 0.25) is 0 Å². The van der Waals surface area contributed by atoms with Crippen LogP contribution < -0.4 is 5.32 Å². The Balaban J connectivity index is 1.68. The molecule has 156 valence electrons. The molecule has 0 atom stereocenters. The number of hydrogen-bond donors (Lipinski definition) is 1. The van der Waals surface area contributed by atoms with E-state index in [1.807, 2.05) is 36.4 Å². The van der Waals surface area contributed by atoms with E-state index in [4.69, 9.17) is 4.98 Å². The van der Waals surface area contributed by atoms with Gasteiger partial charge in [-0.15, -0.1) is 0 Å². The number of pyridine rings is 2. The fraction of sp³-hybridized carbons (Fsp3) is 0.192. The first-order chi connectivity index (χ1) is 15.1. The first kappa shape index (κ1) is 21.2. The highest BCUT2D eigenvalue weighted by Crippen LogP contribution is 2.27. The van der Waals surface area contributed by atoms with Crippen molar-refractivity contribution in [3.63, 3.8) is 0 Å². The first-order valence-electron chi connectivity index (χ1n) is 10.5. The van der Waals surface area contributed by atoms with E-state index in [0.717, 1.165) is 38.6 Å². The van der Waals surface area contributed by atoms with E-state index in [9.17, 15) is 4.79 Å². The first-order valence-corrected chi connectivity index (χ1v) is 11.3. The smallest absolute Gasteiger partial charge is 0.252 e. The lowest BCUT2D eigenvalue weighted by molar-refractivity contribution is 0.0952. The van der Waals surface area contributed by atoms with Crippen molar-refractivity contribution in [1.29, 1.82) is 0 Å². The molecule has 0 unspecified atom stereocenters. The summed E-state index contributed by atoms with van der Waals surface area (Å²) in [5, 5.41) is 3.85. The summed E-state index contributed by atoms with van der Waals surface area (Å²) in [6.07, 6.45) is 6.90. The third-order valence-electron chi connectivity index (χ3n) is 5.29. The molecule has 0 aliphatic rings. The number of nitrogens with one attached hydrogen (secondary N) is 1. The Morgan fingerprint density at radius 1 is 0.968 bits per heavy atom. The number of carbonyl (C=O) groups excluding carboxylic acids is 1. The Labute approximate surface area is 190 Å². The summed E-state index contributed by atoms with van der Waals surface area (Å²) in [7, 11) is 0. The number of nitrogens with zero attached hydrogens (tertiary/aromatic N) is 2. The average Bonchev–Trinajstić information content (AvgIpc) is 2.81. The van der Waals surface area contributed by atoms with Crippen molar-refractivity contribution in [3.8, 4) is 11.3 Å². The van der Waals surface area contributed by atoms with Crippen LogP contribution in [0.25, 0.3) is 22.2 Å². The van der Waals surface area contributed by atoms with Gasteiger partial charge in [-0.2, -0.15) is 0 Å². The van der Waals surface area contributed by atoms with Crippen molar-refractivity contribution in [2.24, 2.45) is 0 Å². The number of rotatable bonds is 7. The van der Waals surface area contributed by atoms with Gasteiger partial charge in [0.25, 0.3) is 5.91 Å². The normalized spacial score (nSPS) is 10.9. The van der Waals surface area contributed by atoms with Crippen LogP contribution in [0.1, 0.15) is 41.3 Å². The second-order valence-electron chi connectivity index (χ2n) is 7.56. The number of unbranched alkanes of at least 4 members (excludes halogenated alkanes) is 1. The van der Waals surface area contributed by atoms with Crippen LogP contribution in [0.15, 0.2) is 77.5 Å². The van der Waals surface area contributed by atoms with Crippen molar-refractivity contribution >= 4 is 32.7 Å². The van der Waals surface area contributed by atoms with Crippen LogP contribution in [0.5, 0.6) is 0 Å². The minimum atomic E-state index is -0.122. The fourth-order valence-electron chi connectivity index (χ4n) is 3.54. The van der Waals surface area contributed by atoms with Crippen molar-refractivity contribution < 1.29 is 4.79 Å². The lowest BCUT2D eigenvalue weighted by Gasteiger charge is -2.12. The molecular weight excluding hydrogens is 450 g/mol. The van der Waals surface area contributed by atoms with Crippen LogP contribution in [0.4, 0.5) is 0 Å². The van der Waals surface area contributed by atoms with Gasteiger partial charge in [-0.25, -0.2) is 4.98 Å². The topological polar surface area (TPSA) is 54.9 Å². The van der Waals surface area contributed by atoms with Gasteiger partial charge in [0, 0.05) is 34.4 Å². The van der Waals surface area contributed by atoms with Gasteiger partial charge < -0.3 is 5.32 Å². The number of aromatic nitrogens is 2. The molecule has 0 aliphatic heterocycles. The minimum Gasteiger partial charge on any atom is -0.348 e. The molecule has 1 amide bonds. The van der Waals surface area contributed by atoms with Crippen LogP contribution in [0, 0.1) is 0 Å². The molecule has 2 heterocycles. The van der Waals surface area contributed by atoms with E-state index in [1.165, 1.54) is 18.4 Å². The Morgan fingerprint density at radius 2 is 1.74 bits per heavy atom. The molecule has 4 nitrogen and oxygen atoms in total. The lowest BCUT2D eigenvalue weighted by Crippen LogP contribution is -2.23. The van der Waals surface area contributed by atoms with Crippen LogP contribution in [-0.2, 0) is 13.0 Å². The molecule has 2 aromatic heterocycles. The molecule has 0 saturated carbocycles. The minimum absolute atomic E-state index is 0.122. The molecule has 4 rings (SSSR count). The number of hydrogen-bond acceptors (Lipinski definition) is 3. The Kier molecular flexibility index (Phi) is 6.73. The van der Waals surface area contributed by atoms with Crippen LogP contribution in [0.2, 0.25) is 0 Å². The summed E-state index contributed by atoms with van der Waals surface area (Å²) in [6.45, 7) is 2.65. The zero-order valence-corrected chi connectivity index (χ0v) is 19.0. The monoisotopic (exact) mass is 473 g/mol.